The molecule has 1 heterocycles. The van der Waals surface area contributed by atoms with E-state index in [0.29, 0.717) is 22.6 Å². The van der Waals surface area contributed by atoms with E-state index in [9.17, 15) is 9.18 Å². The third-order valence-electron chi connectivity index (χ3n) is 6.51. The van der Waals surface area contributed by atoms with E-state index in [1.165, 1.54) is 0 Å². The second kappa shape index (κ2) is 9.58. The molecule has 0 atom stereocenters. The molecular weight excluding hydrogens is 443 g/mol. The molecule has 0 bridgehead atoms. The number of hydrogen-bond donors (Lipinski definition) is 1. The summed E-state index contributed by atoms with van der Waals surface area (Å²) in [6.45, 7) is 3.53. The number of rotatable bonds is 7. The van der Waals surface area contributed by atoms with Gasteiger partial charge in [-0.3, -0.25) is 5.10 Å². The number of carbonyl (C=O) groups is 1. The SMILES string of the molecule is C=CC(=O)Oc1ccccc1/C(=C(\c1ccc(OC)cc1)C1CCC1)c1ccc2n[nH]c(F)c2c1. The maximum absolute atomic E-state index is 14.5. The van der Waals surface area contributed by atoms with Gasteiger partial charge in [0, 0.05) is 11.6 Å². The highest BCUT2D eigenvalue weighted by Gasteiger charge is 2.29. The Morgan fingerprint density at radius 1 is 1.09 bits per heavy atom. The van der Waals surface area contributed by atoms with Crippen LogP contribution in [0.3, 0.4) is 0 Å². The fourth-order valence-electron chi connectivity index (χ4n) is 4.55. The van der Waals surface area contributed by atoms with E-state index in [2.05, 4.69) is 16.8 Å². The number of aromatic nitrogens is 2. The van der Waals surface area contributed by atoms with Gasteiger partial charge in [0.25, 0.3) is 0 Å². The van der Waals surface area contributed by atoms with Crippen molar-refractivity contribution in [2.45, 2.75) is 19.3 Å². The predicted octanol–water partition coefficient (Wildman–Crippen LogP) is 6.56. The van der Waals surface area contributed by atoms with Crippen molar-refractivity contribution in [3.05, 3.63) is 102 Å². The first kappa shape index (κ1) is 22.6. The lowest BCUT2D eigenvalue weighted by Crippen LogP contribution is -2.15. The monoisotopic (exact) mass is 468 g/mol. The molecule has 0 radical (unpaired) electrons. The number of nitrogens with one attached hydrogen (secondary N) is 1. The first-order valence-electron chi connectivity index (χ1n) is 11.5. The number of esters is 1. The molecule has 5 rings (SSSR count). The molecule has 0 saturated heterocycles. The number of halogens is 1. The molecule has 176 valence electrons. The van der Waals surface area contributed by atoms with Gasteiger partial charge in [-0.05, 0) is 71.4 Å². The molecule has 1 aliphatic rings. The van der Waals surface area contributed by atoms with Crippen LogP contribution >= 0.6 is 0 Å². The van der Waals surface area contributed by atoms with E-state index in [-0.39, 0.29) is 0 Å². The number of para-hydroxylation sites is 1. The van der Waals surface area contributed by atoms with E-state index >= 15 is 0 Å². The summed E-state index contributed by atoms with van der Waals surface area (Å²) in [4.78, 5) is 12.2. The summed E-state index contributed by atoms with van der Waals surface area (Å²) in [6, 6.07) is 20.9. The Hall–Kier alpha value is -4.19. The van der Waals surface area contributed by atoms with Crippen molar-refractivity contribution in [1.29, 1.82) is 0 Å². The van der Waals surface area contributed by atoms with Crippen LogP contribution in [0.15, 0.2) is 79.4 Å². The molecule has 0 unspecified atom stereocenters. The Morgan fingerprint density at radius 3 is 2.51 bits per heavy atom. The van der Waals surface area contributed by atoms with Crippen molar-refractivity contribution < 1.29 is 18.7 Å². The average molecular weight is 469 g/mol. The minimum atomic E-state index is -0.539. The van der Waals surface area contributed by atoms with Crippen molar-refractivity contribution in [2.75, 3.05) is 7.11 Å². The smallest absolute Gasteiger partial charge is 0.335 e. The van der Waals surface area contributed by atoms with Crippen LogP contribution in [0, 0.1) is 11.9 Å². The molecule has 0 spiro atoms. The molecule has 4 aromatic rings. The molecule has 1 fully saturated rings. The summed E-state index contributed by atoms with van der Waals surface area (Å²) in [7, 11) is 1.64. The number of benzene rings is 3. The van der Waals surface area contributed by atoms with Gasteiger partial charge in [-0.2, -0.15) is 9.49 Å². The third-order valence-corrected chi connectivity index (χ3v) is 6.51. The number of H-pyrrole nitrogens is 1. The van der Waals surface area contributed by atoms with Gasteiger partial charge in [-0.1, -0.05) is 49.4 Å². The molecule has 6 heteroatoms. The lowest BCUT2D eigenvalue weighted by Gasteiger charge is -2.32. The minimum Gasteiger partial charge on any atom is -0.497 e. The summed E-state index contributed by atoms with van der Waals surface area (Å²) >= 11 is 0. The fraction of sp³-hybridized carbons (Fsp3) is 0.172. The van der Waals surface area contributed by atoms with Crippen LogP contribution < -0.4 is 9.47 Å². The Labute approximate surface area is 202 Å². The second-order valence-corrected chi connectivity index (χ2v) is 8.54. The Bertz CT molecular complexity index is 1430. The van der Waals surface area contributed by atoms with Crippen LogP contribution in [0.2, 0.25) is 0 Å². The standard InChI is InChI=1S/C29H25FN2O3/c1-3-26(33)35-25-10-5-4-9-22(25)28(20-13-16-24-23(17-20)29(30)32-31-24)27(18-7-6-8-18)19-11-14-21(34-2)15-12-19/h3-5,9-18H,1,6-8H2,2H3,(H,31,32)/b28-27-. The zero-order valence-electron chi connectivity index (χ0n) is 19.4. The van der Waals surface area contributed by atoms with Crippen LogP contribution in [0.5, 0.6) is 11.5 Å². The molecule has 0 amide bonds. The van der Waals surface area contributed by atoms with Gasteiger partial charge in [0.05, 0.1) is 18.0 Å². The molecule has 3 aromatic carbocycles. The van der Waals surface area contributed by atoms with Crippen LogP contribution in [0.4, 0.5) is 4.39 Å². The van der Waals surface area contributed by atoms with E-state index in [1.807, 2.05) is 48.5 Å². The number of hydrogen-bond acceptors (Lipinski definition) is 4. The highest BCUT2D eigenvalue weighted by atomic mass is 19.1. The van der Waals surface area contributed by atoms with Crippen molar-refractivity contribution in [1.82, 2.24) is 10.2 Å². The van der Waals surface area contributed by atoms with E-state index in [0.717, 1.165) is 58.9 Å². The molecule has 35 heavy (non-hydrogen) atoms. The van der Waals surface area contributed by atoms with Crippen molar-refractivity contribution in [3.8, 4) is 11.5 Å². The highest BCUT2D eigenvalue weighted by molar-refractivity contribution is 6.03. The number of allylic oxidation sites excluding steroid dienone is 1. The van der Waals surface area contributed by atoms with Gasteiger partial charge in [0.1, 0.15) is 11.5 Å². The number of aromatic amines is 1. The van der Waals surface area contributed by atoms with Crippen molar-refractivity contribution in [3.63, 3.8) is 0 Å². The van der Waals surface area contributed by atoms with Gasteiger partial charge in [0.15, 0.2) is 0 Å². The quantitative estimate of drug-likeness (QED) is 0.144. The van der Waals surface area contributed by atoms with Gasteiger partial charge in [-0.25, -0.2) is 4.79 Å². The van der Waals surface area contributed by atoms with Crippen molar-refractivity contribution in [2.24, 2.45) is 5.92 Å². The molecule has 0 aliphatic heterocycles. The van der Waals surface area contributed by atoms with E-state index < -0.39 is 11.9 Å². The van der Waals surface area contributed by atoms with Crippen molar-refractivity contribution >= 4 is 28.0 Å². The third kappa shape index (κ3) is 4.35. The van der Waals surface area contributed by atoms with Gasteiger partial charge in [-0.15, -0.1) is 0 Å². The van der Waals surface area contributed by atoms with Crippen LogP contribution in [-0.2, 0) is 4.79 Å². The minimum absolute atomic E-state index is 0.312. The maximum Gasteiger partial charge on any atom is 0.335 e. The summed E-state index contributed by atoms with van der Waals surface area (Å²) in [5.74, 6) is 0.479. The predicted molar refractivity (Wildman–Crippen MR) is 135 cm³/mol. The van der Waals surface area contributed by atoms with Crippen LogP contribution in [-0.4, -0.2) is 23.3 Å². The van der Waals surface area contributed by atoms with Crippen LogP contribution in [0.1, 0.15) is 36.0 Å². The zero-order chi connectivity index (χ0) is 24.4. The first-order valence-corrected chi connectivity index (χ1v) is 11.5. The van der Waals surface area contributed by atoms with E-state index in [1.54, 1.807) is 25.3 Å². The topological polar surface area (TPSA) is 64.2 Å². The molecule has 1 aliphatic carbocycles. The number of fused-ring (bicyclic) bond motifs is 1. The van der Waals surface area contributed by atoms with E-state index in [4.69, 9.17) is 9.47 Å². The van der Waals surface area contributed by atoms with Gasteiger partial charge < -0.3 is 9.47 Å². The molecule has 1 N–H and O–H groups in total. The summed E-state index contributed by atoms with van der Waals surface area (Å²) < 4.78 is 25.5. The summed E-state index contributed by atoms with van der Waals surface area (Å²) in [5, 5.41) is 6.86. The normalized spacial score (nSPS) is 14.2. The highest BCUT2D eigenvalue weighted by Crippen LogP contribution is 2.47. The lowest BCUT2D eigenvalue weighted by molar-refractivity contribution is -0.128. The van der Waals surface area contributed by atoms with Gasteiger partial charge >= 0.3 is 5.97 Å². The Balaban J connectivity index is 1.81. The number of ether oxygens (including phenoxy) is 2. The fourth-order valence-corrected chi connectivity index (χ4v) is 4.55. The Kier molecular flexibility index (Phi) is 6.19. The number of nitrogens with zero attached hydrogens (tertiary/aromatic N) is 1. The molecule has 1 aromatic heterocycles. The van der Waals surface area contributed by atoms with Crippen LogP contribution in [0.25, 0.3) is 22.0 Å². The summed E-state index contributed by atoms with van der Waals surface area (Å²) in [5.41, 5.74) is 5.19. The molecule has 5 nitrogen and oxygen atoms in total. The number of methoxy groups -OCH3 is 1. The molecular formula is C29H25FN2O3. The van der Waals surface area contributed by atoms with Gasteiger partial charge in [0.2, 0.25) is 5.95 Å². The first-order chi connectivity index (χ1) is 17.1. The Morgan fingerprint density at radius 2 is 1.83 bits per heavy atom. The zero-order valence-corrected chi connectivity index (χ0v) is 19.4. The maximum atomic E-state index is 14.5. The molecule has 1 saturated carbocycles. The second-order valence-electron chi connectivity index (χ2n) is 8.54. The lowest BCUT2D eigenvalue weighted by atomic mass is 9.73. The largest absolute Gasteiger partial charge is 0.497 e. The summed E-state index contributed by atoms with van der Waals surface area (Å²) in [6.07, 6.45) is 4.37. The number of carbonyl (C=O) groups excluding carboxylic acids is 1. The average Bonchev–Trinajstić information content (AvgIpc) is 3.23.